The molecular formula is C22H28F3N3O. The monoisotopic (exact) mass is 407 g/mol. The fourth-order valence-corrected chi connectivity index (χ4v) is 4.59. The first-order valence-electron chi connectivity index (χ1n) is 10.1. The molecule has 0 unspecified atom stereocenters. The van der Waals surface area contributed by atoms with Gasteiger partial charge in [-0.25, -0.2) is 0 Å². The molecule has 0 atom stereocenters. The summed E-state index contributed by atoms with van der Waals surface area (Å²) < 4.78 is 41.1. The van der Waals surface area contributed by atoms with Crippen LogP contribution < -0.4 is 5.73 Å². The lowest BCUT2D eigenvalue weighted by Crippen LogP contribution is -2.23. The van der Waals surface area contributed by atoms with Crippen molar-refractivity contribution in [1.29, 1.82) is 0 Å². The lowest BCUT2D eigenvalue weighted by molar-refractivity contribution is -0.137. The van der Waals surface area contributed by atoms with Gasteiger partial charge in [-0.15, -0.1) is 0 Å². The van der Waals surface area contributed by atoms with Gasteiger partial charge in [-0.2, -0.15) is 18.3 Å². The Labute approximate surface area is 169 Å². The van der Waals surface area contributed by atoms with Crippen LogP contribution >= 0.6 is 0 Å². The van der Waals surface area contributed by atoms with Gasteiger partial charge in [0.1, 0.15) is 0 Å². The van der Waals surface area contributed by atoms with Gasteiger partial charge in [-0.3, -0.25) is 9.48 Å². The molecule has 1 saturated carbocycles. The van der Waals surface area contributed by atoms with Crippen molar-refractivity contribution < 1.29 is 18.0 Å². The summed E-state index contributed by atoms with van der Waals surface area (Å²) in [5.74, 6) is 0.121. The van der Waals surface area contributed by atoms with E-state index in [0.717, 1.165) is 44.4 Å². The van der Waals surface area contributed by atoms with Crippen LogP contribution in [-0.4, -0.2) is 15.7 Å². The molecule has 1 aliphatic rings. The number of hydrogen-bond donors (Lipinski definition) is 1. The Bertz CT molecular complexity index is 878. The Morgan fingerprint density at radius 1 is 1.24 bits per heavy atom. The summed E-state index contributed by atoms with van der Waals surface area (Å²) in [7, 11) is 0. The molecule has 1 aromatic carbocycles. The molecule has 1 fully saturated rings. The molecule has 2 aromatic rings. The number of benzene rings is 1. The van der Waals surface area contributed by atoms with Crippen molar-refractivity contribution in [2.24, 2.45) is 11.7 Å². The number of carbonyl (C=O) groups is 1. The van der Waals surface area contributed by atoms with Crippen molar-refractivity contribution in [2.75, 3.05) is 0 Å². The summed E-state index contributed by atoms with van der Waals surface area (Å²) in [4.78, 5) is 11.8. The smallest absolute Gasteiger partial charge is 0.366 e. The number of nitrogens with zero attached hydrogens (tertiary/aromatic N) is 2. The number of rotatable bonds is 5. The zero-order chi connectivity index (χ0) is 21.3. The van der Waals surface area contributed by atoms with E-state index in [4.69, 9.17) is 5.73 Å². The standard InChI is InChI=1S/C22H28F3N3O/c1-13(2)20-14(3)11-27-28(20)12-15-4-6-16(7-5-15)18-9-8-17(22(23,24)25)10-19(18)21(26)29/h8-11,13,15-16H,4-7,12H2,1-3H3,(H2,26,29). The molecule has 3 rings (SSSR count). The van der Waals surface area contributed by atoms with Gasteiger partial charge >= 0.3 is 6.18 Å². The quantitative estimate of drug-likeness (QED) is 0.721. The van der Waals surface area contributed by atoms with Crippen LogP contribution in [0.5, 0.6) is 0 Å². The third kappa shape index (κ3) is 4.65. The van der Waals surface area contributed by atoms with E-state index in [0.29, 0.717) is 17.4 Å². The van der Waals surface area contributed by atoms with Gasteiger partial charge in [0.25, 0.3) is 0 Å². The molecule has 1 heterocycles. The summed E-state index contributed by atoms with van der Waals surface area (Å²) in [6, 6.07) is 3.38. The van der Waals surface area contributed by atoms with Crippen LogP contribution in [0.2, 0.25) is 0 Å². The summed E-state index contributed by atoms with van der Waals surface area (Å²) in [5, 5.41) is 4.53. The molecule has 1 aromatic heterocycles. The highest BCUT2D eigenvalue weighted by atomic mass is 19.4. The van der Waals surface area contributed by atoms with Crippen LogP contribution in [-0.2, 0) is 12.7 Å². The van der Waals surface area contributed by atoms with E-state index >= 15 is 0 Å². The van der Waals surface area contributed by atoms with E-state index in [1.54, 1.807) is 0 Å². The van der Waals surface area contributed by atoms with Crippen LogP contribution in [0.25, 0.3) is 0 Å². The minimum absolute atomic E-state index is 0.00642. The van der Waals surface area contributed by atoms with E-state index in [9.17, 15) is 18.0 Å². The number of nitrogens with two attached hydrogens (primary N) is 1. The summed E-state index contributed by atoms with van der Waals surface area (Å²) in [6.07, 6.45) is 0.959. The van der Waals surface area contributed by atoms with Crippen molar-refractivity contribution in [3.8, 4) is 0 Å². The number of aromatic nitrogens is 2. The third-order valence-corrected chi connectivity index (χ3v) is 5.98. The van der Waals surface area contributed by atoms with Gasteiger partial charge in [0.2, 0.25) is 5.91 Å². The van der Waals surface area contributed by atoms with E-state index in [2.05, 4.69) is 30.6 Å². The van der Waals surface area contributed by atoms with Crippen molar-refractivity contribution in [1.82, 2.24) is 9.78 Å². The van der Waals surface area contributed by atoms with Gasteiger partial charge in [0, 0.05) is 17.8 Å². The summed E-state index contributed by atoms with van der Waals surface area (Å²) in [5.41, 5.74) is 7.65. The second-order valence-corrected chi connectivity index (χ2v) is 8.43. The van der Waals surface area contributed by atoms with Crippen LogP contribution in [0.3, 0.4) is 0 Å². The van der Waals surface area contributed by atoms with Gasteiger partial charge in [0.15, 0.2) is 0 Å². The lowest BCUT2D eigenvalue weighted by atomic mass is 9.77. The van der Waals surface area contributed by atoms with Crippen molar-refractivity contribution >= 4 is 5.91 Å². The number of hydrogen-bond acceptors (Lipinski definition) is 2. The van der Waals surface area contributed by atoms with Crippen LogP contribution in [0.4, 0.5) is 13.2 Å². The van der Waals surface area contributed by atoms with E-state index in [1.807, 2.05) is 6.20 Å². The second kappa shape index (κ2) is 8.20. The lowest BCUT2D eigenvalue weighted by Gasteiger charge is -2.30. The Hall–Kier alpha value is -2.31. The number of amides is 1. The molecule has 2 N–H and O–H groups in total. The summed E-state index contributed by atoms with van der Waals surface area (Å²) in [6.45, 7) is 7.25. The molecule has 0 aliphatic heterocycles. The number of aryl methyl sites for hydroxylation is 1. The van der Waals surface area contributed by atoms with E-state index in [-0.39, 0.29) is 11.5 Å². The first kappa shape index (κ1) is 21.4. The molecule has 0 spiro atoms. The van der Waals surface area contributed by atoms with E-state index < -0.39 is 17.6 Å². The maximum Gasteiger partial charge on any atom is 0.416 e. The highest BCUT2D eigenvalue weighted by Gasteiger charge is 2.33. The third-order valence-electron chi connectivity index (χ3n) is 5.98. The minimum Gasteiger partial charge on any atom is -0.366 e. The van der Waals surface area contributed by atoms with Crippen LogP contribution in [0, 0.1) is 12.8 Å². The number of carbonyl (C=O) groups excluding carboxylic acids is 1. The van der Waals surface area contributed by atoms with E-state index in [1.165, 1.54) is 17.3 Å². The maximum absolute atomic E-state index is 13.0. The molecule has 29 heavy (non-hydrogen) atoms. The minimum atomic E-state index is -4.49. The van der Waals surface area contributed by atoms with Crippen LogP contribution in [0.15, 0.2) is 24.4 Å². The first-order chi connectivity index (χ1) is 13.6. The van der Waals surface area contributed by atoms with Crippen molar-refractivity contribution in [3.63, 3.8) is 0 Å². The Morgan fingerprint density at radius 2 is 1.90 bits per heavy atom. The number of halogens is 3. The largest absolute Gasteiger partial charge is 0.416 e. The molecule has 0 saturated heterocycles. The zero-order valence-electron chi connectivity index (χ0n) is 17.1. The predicted octanol–water partition coefficient (Wildman–Crippen LogP) is 5.41. The molecule has 0 radical (unpaired) electrons. The van der Waals surface area contributed by atoms with Gasteiger partial charge in [0.05, 0.1) is 11.8 Å². The molecule has 4 nitrogen and oxygen atoms in total. The molecule has 1 aliphatic carbocycles. The molecular weight excluding hydrogens is 379 g/mol. The SMILES string of the molecule is Cc1cnn(CC2CCC(c3ccc(C(F)(F)F)cc3C(N)=O)CC2)c1C(C)C. The highest BCUT2D eigenvalue weighted by molar-refractivity contribution is 5.94. The molecule has 7 heteroatoms. The Morgan fingerprint density at radius 3 is 2.45 bits per heavy atom. The molecule has 158 valence electrons. The highest BCUT2D eigenvalue weighted by Crippen LogP contribution is 2.40. The average molecular weight is 407 g/mol. The van der Waals surface area contributed by atoms with Gasteiger partial charge in [-0.1, -0.05) is 19.9 Å². The maximum atomic E-state index is 13.0. The predicted molar refractivity (Wildman–Crippen MR) is 106 cm³/mol. The molecule has 0 bridgehead atoms. The average Bonchev–Trinajstić information content (AvgIpc) is 3.01. The van der Waals surface area contributed by atoms with Gasteiger partial charge in [-0.05, 0) is 73.6 Å². The Balaban J connectivity index is 1.72. The zero-order valence-corrected chi connectivity index (χ0v) is 17.1. The topological polar surface area (TPSA) is 60.9 Å². The normalized spacial score (nSPS) is 20.2. The van der Waals surface area contributed by atoms with Crippen molar-refractivity contribution in [3.05, 3.63) is 52.3 Å². The van der Waals surface area contributed by atoms with Gasteiger partial charge < -0.3 is 5.73 Å². The van der Waals surface area contributed by atoms with Crippen LogP contribution in [0.1, 0.15) is 84.1 Å². The number of primary amides is 1. The molecule has 1 amide bonds. The fourth-order valence-electron chi connectivity index (χ4n) is 4.59. The van der Waals surface area contributed by atoms with Crippen molar-refractivity contribution in [2.45, 2.75) is 71.0 Å². The number of alkyl halides is 3. The summed E-state index contributed by atoms with van der Waals surface area (Å²) >= 11 is 0. The second-order valence-electron chi connectivity index (χ2n) is 8.43. The first-order valence-corrected chi connectivity index (χ1v) is 10.1. The fraction of sp³-hybridized carbons (Fsp3) is 0.545. The Kier molecular flexibility index (Phi) is 6.05.